The van der Waals surface area contributed by atoms with Crippen LogP contribution in [0, 0.1) is 17.5 Å². The third-order valence-electron chi connectivity index (χ3n) is 2.00. The highest BCUT2D eigenvalue weighted by atomic mass is 35.5. The Morgan fingerprint density at radius 3 is 2.31 bits per heavy atom. The molecule has 16 heavy (non-hydrogen) atoms. The lowest BCUT2D eigenvalue weighted by Gasteiger charge is -2.03. The van der Waals surface area contributed by atoms with Crippen LogP contribution in [0.2, 0.25) is 5.15 Å². The molecule has 2 aromatic rings. The van der Waals surface area contributed by atoms with E-state index in [4.69, 9.17) is 11.6 Å². The Morgan fingerprint density at radius 1 is 0.938 bits per heavy atom. The second kappa shape index (κ2) is 4.14. The monoisotopic (exact) mass is 243 g/mol. The summed E-state index contributed by atoms with van der Waals surface area (Å²) in [5.74, 6) is -3.24. The van der Waals surface area contributed by atoms with Gasteiger partial charge in [-0.25, -0.2) is 18.2 Å². The molecule has 0 amide bonds. The van der Waals surface area contributed by atoms with Crippen molar-refractivity contribution in [2.75, 3.05) is 0 Å². The summed E-state index contributed by atoms with van der Waals surface area (Å²) in [7, 11) is 0. The van der Waals surface area contributed by atoms with Gasteiger partial charge >= 0.3 is 0 Å². The summed E-state index contributed by atoms with van der Waals surface area (Å²) in [4.78, 5) is 3.81. The van der Waals surface area contributed by atoms with Crippen molar-refractivity contribution in [2.45, 2.75) is 0 Å². The number of aromatic nitrogens is 1. The van der Waals surface area contributed by atoms with Crippen molar-refractivity contribution in [3.8, 4) is 11.3 Å². The average molecular weight is 244 g/mol. The van der Waals surface area contributed by atoms with Crippen LogP contribution >= 0.6 is 11.6 Å². The minimum absolute atomic E-state index is 0.124. The number of hydrogen-bond donors (Lipinski definition) is 0. The van der Waals surface area contributed by atoms with Crippen molar-refractivity contribution in [2.24, 2.45) is 0 Å². The SMILES string of the molecule is Fc1cc(F)c(-c2cccc(Cl)n2)cc1F. The standard InChI is InChI=1S/C11H5ClF3N/c12-11-3-1-2-10(16-11)6-4-8(14)9(15)5-7(6)13/h1-5H. The Kier molecular flexibility index (Phi) is 2.83. The molecule has 82 valence electrons. The predicted octanol–water partition coefficient (Wildman–Crippen LogP) is 3.82. The summed E-state index contributed by atoms with van der Waals surface area (Å²) in [6.45, 7) is 0. The van der Waals surface area contributed by atoms with Crippen molar-refractivity contribution in [3.63, 3.8) is 0 Å². The van der Waals surface area contributed by atoms with Gasteiger partial charge < -0.3 is 0 Å². The number of hydrogen-bond acceptors (Lipinski definition) is 1. The molecular weight excluding hydrogens is 239 g/mol. The van der Waals surface area contributed by atoms with E-state index in [-0.39, 0.29) is 16.4 Å². The van der Waals surface area contributed by atoms with Gasteiger partial charge in [0, 0.05) is 11.6 Å². The first-order valence-corrected chi connectivity index (χ1v) is 4.73. The van der Waals surface area contributed by atoms with Gasteiger partial charge in [0.15, 0.2) is 11.6 Å². The number of rotatable bonds is 1. The maximum absolute atomic E-state index is 13.4. The van der Waals surface area contributed by atoms with Crippen LogP contribution in [0.4, 0.5) is 13.2 Å². The fraction of sp³-hybridized carbons (Fsp3) is 0. The highest BCUT2D eigenvalue weighted by molar-refractivity contribution is 6.29. The molecule has 1 nitrogen and oxygen atoms in total. The molecule has 2 rings (SSSR count). The molecule has 0 fully saturated rings. The molecule has 0 aliphatic heterocycles. The number of nitrogens with zero attached hydrogens (tertiary/aromatic N) is 1. The molecule has 1 aromatic heterocycles. The molecule has 0 spiro atoms. The molecule has 0 aliphatic carbocycles. The first kappa shape index (κ1) is 11.0. The highest BCUT2D eigenvalue weighted by Crippen LogP contribution is 2.24. The van der Waals surface area contributed by atoms with Crippen molar-refractivity contribution in [1.29, 1.82) is 0 Å². The number of benzene rings is 1. The van der Waals surface area contributed by atoms with Crippen LogP contribution in [-0.2, 0) is 0 Å². The van der Waals surface area contributed by atoms with Gasteiger partial charge in [-0.3, -0.25) is 0 Å². The maximum atomic E-state index is 13.4. The van der Waals surface area contributed by atoms with Gasteiger partial charge in [-0.05, 0) is 18.2 Å². The second-order valence-corrected chi connectivity index (χ2v) is 3.48. The lowest BCUT2D eigenvalue weighted by atomic mass is 10.1. The Labute approximate surface area is 94.5 Å². The molecule has 0 aliphatic rings. The molecule has 1 heterocycles. The zero-order valence-corrected chi connectivity index (χ0v) is 8.60. The quantitative estimate of drug-likeness (QED) is 0.548. The molecule has 0 unspecified atom stereocenters. The normalized spacial score (nSPS) is 10.5. The summed E-state index contributed by atoms with van der Waals surface area (Å²) in [5, 5.41) is 0.154. The lowest BCUT2D eigenvalue weighted by molar-refractivity contribution is 0.496. The van der Waals surface area contributed by atoms with Crippen molar-refractivity contribution >= 4 is 11.6 Å². The van der Waals surface area contributed by atoms with Gasteiger partial charge in [-0.2, -0.15) is 0 Å². The van der Waals surface area contributed by atoms with Gasteiger partial charge in [0.2, 0.25) is 0 Å². The van der Waals surface area contributed by atoms with Crippen molar-refractivity contribution in [1.82, 2.24) is 4.98 Å². The molecule has 0 saturated carbocycles. The molecule has 5 heteroatoms. The van der Waals surface area contributed by atoms with Crippen LogP contribution < -0.4 is 0 Å². The van der Waals surface area contributed by atoms with Gasteiger partial charge in [-0.1, -0.05) is 17.7 Å². The fourth-order valence-corrected chi connectivity index (χ4v) is 1.44. The van der Waals surface area contributed by atoms with Crippen molar-refractivity contribution in [3.05, 3.63) is 52.9 Å². The lowest BCUT2D eigenvalue weighted by Crippen LogP contribution is -1.93. The van der Waals surface area contributed by atoms with Gasteiger partial charge in [0.05, 0.1) is 5.69 Å². The van der Waals surface area contributed by atoms with E-state index in [1.54, 1.807) is 6.07 Å². The fourth-order valence-electron chi connectivity index (χ4n) is 1.28. The molecule has 0 N–H and O–H groups in total. The largest absolute Gasteiger partial charge is 0.236 e. The van der Waals surface area contributed by atoms with Crippen LogP contribution in [-0.4, -0.2) is 4.98 Å². The van der Waals surface area contributed by atoms with Crippen LogP contribution in [0.25, 0.3) is 11.3 Å². The number of pyridine rings is 1. The van der Waals surface area contributed by atoms with E-state index < -0.39 is 17.5 Å². The number of halogens is 4. The molecule has 1 aromatic carbocycles. The zero-order valence-electron chi connectivity index (χ0n) is 7.85. The summed E-state index contributed by atoms with van der Waals surface area (Å²) >= 11 is 5.62. The third kappa shape index (κ3) is 2.02. The highest BCUT2D eigenvalue weighted by Gasteiger charge is 2.12. The Balaban J connectivity index is 2.60. The zero-order chi connectivity index (χ0) is 11.7. The van der Waals surface area contributed by atoms with Crippen LogP contribution in [0.3, 0.4) is 0 Å². The van der Waals surface area contributed by atoms with Crippen molar-refractivity contribution < 1.29 is 13.2 Å². The van der Waals surface area contributed by atoms with Gasteiger partial charge in [0.25, 0.3) is 0 Å². The Hall–Kier alpha value is -1.55. The van der Waals surface area contributed by atoms with E-state index in [1.165, 1.54) is 12.1 Å². The topological polar surface area (TPSA) is 12.9 Å². The van der Waals surface area contributed by atoms with Crippen LogP contribution in [0.15, 0.2) is 30.3 Å². The smallest absolute Gasteiger partial charge is 0.161 e. The minimum Gasteiger partial charge on any atom is -0.236 e. The Bertz CT molecular complexity index is 543. The summed E-state index contributed by atoms with van der Waals surface area (Å²) in [6.07, 6.45) is 0. The maximum Gasteiger partial charge on any atom is 0.161 e. The average Bonchev–Trinajstić information content (AvgIpc) is 2.23. The van der Waals surface area contributed by atoms with E-state index in [9.17, 15) is 13.2 Å². The van der Waals surface area contributed by atoms with E-state index in [0.29, 0.717) is 6.07 Å². The van der Waals surface area contributed by atoms with E-state index in [1.807, 2.05) is 0 Å². The van der Waals surface area contributed by atoms with Gasteiger partial charge in [0.1, 0.15) is 11.0 Å². The second-order valence-electron chi connectivity index (χ2n) is 3.09. The first-order chi connectivity index (χ1) is 7.58. The third-order valence-corrected chi connectivity index (χ3v) is 2.21. The molecule has 0 radical (unpaired) electrons. The van der Waals surface area contributed by atoms with Crippen LogP contribution in [0.5, 0.6) is 0 Å². The minimum atomic E-state index is -1.23. The van der Waals surface area contributed by atoms with E-state index >= 15 is 0 Å². The molecule has 0 atom stereocenters. The van der Waals surface area contributed by atoms with E-state index in [0.717, 1.165) is 6.07 Å². The summed E-state index contributed by atoms with van der Waals surface area (Å²) < 4.78 is 39.0. The first-order valence-electron chi connectivity index (χ1n) is 4.35. The summed E-state index contributed by atoms with van der Waals surface area (Å²) in [5.41, 5.74) is 0.0327. The summed E-state index contributed by atoms with van der Waals surface area (Å²) in [6, 6.07) is 5.74. The van der Waals surface area contributed by atoms with E-state index in [2.05, 4.69) is 4.98 Å². The molecule has 0 saturated heterocycles. The molecule has 0 bridgehead atoms. The Morgan fingerprint density at radius 2 is 1.62 bits per heavy atom. The van der Waals surface area contributed by atoms with Crippen LogP contribution in [0.1, 0.15) is 0 Å². The molecular formula is C11H5ClF3N. The van der Waals surface area contributed by atoms with Gasteiger partial charge in [-0.15, -0.1) is 0 Å². The predicted molar refractivity (Wildman–Crippen MR) is 54.6 cm³/mol.